The molecule has 0 aliphatic carbocycles. The molecule has 1 fully saturated rings. The van der Waals surface area contributed by atoms with Gasteiger partial charge in [-0.25, -0.2) is 4.79 Å². The summed E-state index contributed by atoms with van der Waals surface area (Å²) in [5.41, 5.74) is 0. The van der Waals surface area contributed by atoms with Gasteiger partial charge in [-0.1, -0.05) is 126 Å². The molecule has 0 aromatic rings. The van der Waals surface area contributed by atoms with Crippen LogP contribution >= 0.6 is 0 Å². The molecule has 0 radical (unpaired) electrons. The third-order valence-electron chi connectivity index (χ3n) is 9.11. The van der Waals surface area contributed by atoms with E-state index in [1.807, 2.05) is 6.92 Å². The van der Waals surface area contributed by atoms with E-state index in [9.17, 15) is 30.0 Å². The molecule has 10 nitrogen and oxygen atoms in total. The van der Waals surface area contributed by atoms with Crippen LogP contribution in [0.1, 0.15) is 143 Å². The SMILES string of the molecule is CC/C=C\C/C=C\C/C=C\CCCCCC(O[C@@H]1O[C@H](CO)[C@H](O)[C@H](O)[C@H]1O)C(OC(=O)CCCCCCC/C=C/C/C=C/C/C=C/CC)C(=O)OCCC. The Morgan fingerprint density at radius 1 is 0.636 bits per heavy atom. The third-order valence-corrected chi connectivity index (χ3v) is 9.11. The van der Waals surface area contributed by atoms with Gasteiger partial charge in [-0.15, -0.1) is 0 Å². The van der Waals surface area contributed by atoms with Crippen molar-refractivity contribution in [1.82, 2.24) is 0 Å². The smallest absolute Gasteiger partial charge is 0.350 e. The molecule has 4 N–H and O–H groups in total. The van der Waals surface area contributed by atoms with E-state index in [1.54, 1.807) is 0 Å². The first kappa shape index (κ1) is 50.2. The summed E-state index contributed by atoms with van der Waals surface area (Å²) in [5, 5.41) is 41.1. The lowest BCUT2D eigenvalue weighted by Gasteiger charge is -2.41. The van der Waals surface area contributed by atoms with Crippen molar-refractivity contribution in [3.63, 3.8) is 0 Å². The van der Waals surface area contributed by atoms with Gasteiger partial charge in [0.05, 0.1) is 13.2 Å². The number of aliphatic hydroxyl groups excluding tert-OH is 4. The first-order valence-electron chi connectivity index (χ1n) is 21.0. The Morgan fingerprint density at radius 3 is 1.69 bits per heavy atom. The molecule has 1 rings (SSSR count). The largest absolute Gasteiger partial charge is 0.463 e. The van der Waals surface area contributed by atoms with E-state index in [-0.39, 0.29) is 19.4 Å². The summed E-state index contributed by atoms with van der Waals surface area (Å²) < 4.78 is 22.9. The molecule has 7 atom stereocenters. The van der Waals surface area contributed by atoms with Gasteiger partial charge in [0.1, 0.15) is 30.5 Å². The molecule has 1 aliphatic rings. The highest BCUT2D eigenvalue weighted by Crippen LogP contribution is 2.27. The van der Waals surface area contributed by atoms with Crippen molar-refractivity contribution in [3.05, 3.63) is 72.9 Å². The van der Waals surface area contributed by atoms with Gasteiger partial charge in [0.25, 0.3) is 0 Å². The summed E-state index contributed by atoms with van der Waals surface area (Å²) in [5.74, 6) is -1.31. The van der Waals surface area contributed by atoms with Crippen LogP contribution < -0.4 is 0 Å². The zero-order chi connectivity index (χ0) is 40.4. The topological polar surface area (TPSA) is 152 Å². The number of ether oxygens (including phenoxy) is 4. The second-order valence-electron chi connectivity index (χ2n) is 14.0. The predicted octanol–water partition coefficient (Wildman–Crippen LogP) is 8.44. The van der Waals surface area contributed by atoms with E-state index in [4.69, 9.17) is 18.9 Å². The molecule has 0 aromatic heterocycles. The molecule has 10 heteroatoms. The number of esters is 2. The van der Waals surface area contributed by atoms with Gasteiger partial charge in [0.15, 0.2) is 6.29 Å². The summed E-state index contributed by atoms with van der Waals surface area (Å²) in [7, 11) is 0. The Hall–Kier alpha value is -2.86. The van der Waals surface area contributed by atoms with Crippen molar-refractivity contribution >= 4 is 11.9 Å². The van der Waals surface area contributed by atoms with E-state index in [1.165, 1.54) is 0 Å². The van der Waals surface area contributed by atoms with Crippen LogP contribution in [-0.2, 0) is 28.5 Å². The number of rotatable bonds is 32. The van der Waals surface area contributed by atoms with Crippen molar-refractivity contribution in [2.75, 3.05) is 13.2 Å². The fraction of sp³-hybridized carbons (Fsp3) is 0.689. The zero-order valence-corrected chi connectivity index (χ0v) is 34.1. The Kier molecular flexibility index (Phi) is 31.4. The highest BCUT2D eigenvalue weighted by Gasteiger charge is 2.46. The number of unbranched alkanes of at least 4 members (excludes halogenated alkanes) is 8. The number of carbonyl (C=O) groups excluding carboxylic acids is 2. The third kappa shape index (κ3) is 24.4. The van der Waals surface area contributed by atoms with Crippen LogP contribution in [-0.4, -0.2) is 88.5 Å². The Bertz CT molecular complexity index is 1140. The summed E-state index contributed by atoms with van der Waals surface area (Å²) in [6.07, 6.45) is 31.5. The number of hydrogen-bond donors (Lipinski definition) is 4. The molecule has 0 aromatic carbocycles. The standard InChI is InChI=1S/C45H74O10/c1-4-7-9-11-13-15-17-19-20-22-24-26-28-30-32-34-39(47)55-43(44(51)52-35-6-3)37(53-45-42(50)41(49)40(48)38(36-46)54-45)33-31-29-27-25-23-21-18-16-14-12-10-8-5-2/h7-10,13-16,19-21,23,37-38,40-43,45-46,48-50H,4-6,11-12,17-18,22,24-36H2,1-3H3/b9-7+,10-8-,15-13+,16-14-,20-19+,23-21-/t37?,38-,40+,41+,42-,43?,45-/m1/s1. The maximum atomic E-state index is 13.3. The quantitative estimate of drug-likeness (QED) is 0.0298. The molecule has 2 unspecified atom stereocenters. The van der Waals surface area contributed by atoms with E-state index < -0.39 is 61.5 Å². The average molecular weight is 775 g/mol. The molecule has 0 bridgehead atoms. The van der Waals surface area contributed by atoms with Crippen LogP contribution in [0.5, 0.6) is 0 Å². The van der Waals surface area contributed by atoms with Crippen molar-refractivity contribution < 1.29 is 49.0 Å². The average Bonchev–Trinajstić information content (AvgIpc) is 3.18. The summed E-state index contributed by atoms with van der Waals surface area (Å²) in [4.78, 5) is 26.4. The molecule has 1 saturated heterocycles. The second-order valence-corrected chi connectivity index (χ2v) is 14.0. The van der Waals surface area contributed by atoms with Gasteiger partial charge in [0.2, 0.25) is 6.10 Å². The monoisotopic (exact) mass is 775 g/mol. The lowest BCUT2D eigenvalue weighted by atomic mass is 9.98. The molecule has 0 saturated carbocycles. The predicted molar refractivity (Wildman–Crippen MR) is 219 cm³/mol. The molecular formula is C45H74O10. The minimum atomic E-state index is -1.67. The molecule has 1 aliphatic heterocycles. The number of aliphatic hydroxyl groups is 4. The van der Waals surface area contributed by atoms with Crippen LogP contribution in [0.15, 0.2) is 72.9 Å². The fourth-order valence-corrected chi connectivity index (χ4v) is 5.90. The Labute approximate surface area is 332 Å². The van der Waals surface area contributed by atoms with Crippen LogP contribution in [0, 0.1) is 0 Å². The van der Waals surface area contributed by atoms with Crippen LogP contribution in [0.25, 0.3) is 0 Å². The number of hydrogen-bond acceptors (Lipinski definition) is 10. The van der Waals surface area contributed by atoms with E-state index in [2.05, 4.69) is 86.8 Å². The van der Waals surface area contributed by atoms with E-state index in [0.717, 1.165) is 89.9 Å². The van der Waals surface area contributed by atoms with Crippen molar-refractivity contribution in [2.24, 2.45) is 0 Å². The first-order chi connectivity index (χ1) is 26.8. The number of allylic oxidation sites excluding steroid dienone is 12. The summed E-state index contributed by atoms with van der Waals surface area (Å²) >= 11 is 0. The lowest BCUT2D eigenvalue weighted by Crippen LogP contribution is -2.60. The van der Waals surface area contributed by atoms with Gasteiger partial charge in [-0.3, -0.25) is 4.79 Å². The van der Waals surface area contributed by atoms with Crippen molar-refractivity contribution in [2.45, 2.75) is 186 Å². The summed E-state index contributed by atoms with van der Waals surface area (Å²) in [6.45, 7) is 5.60. The van der Waals surface area contributed by atoms with E-state index >= 15 is 0 Å². The molecule has 314 valence electrons. The molecule has 0 spiro atoms. The molecule has 0 amide bonds. The van der Waals surface area contributed by atoms with Crippen LogP contribution in [0.4, 0.5) is 0 Å². The van der Waals surface area contributed by atoms with Gasteiger partial charge in [0, 0.05) is 6.42 Å². The maximum absolute atomic E-state index is 13.3. The second kappa shape index (κ2) is 34.4. The number of carbonyl (C=O) groups is 2. The first-order valence-corrected chi connectivity index (χ1v) is 21.0. The highest BCUT2D eigenvalue weighted by molar-refractivity contribution is 5.80. The highest BCUT2D eigenvalue weighted by atomic mass is 16.7. The van der Waals surface area contributed by atoms with Gasteiger partial charge < -0.3 is 39.4 Å². The van der Waals surface area contributed by atoms with Gasteiger partial charge in [-0.05, 0) is 83.5 Å². The van der Waals surface area contributed by atoms with Crippen LogP contribution in [0.3, 0.4) is 0 Å². The minimum absolute atomic E-state index is 0.124. The fourth-order valence-electron chi connectivity index (χ4n) is 5.90. The Balaban J connectivity index is 2.76. The lowest BCUT2D eigenvalue weighted by molar-refractivity contribution is -0.317. The zero-order valence-electron chi connectivity index (χ0n) is 34.1. The molecule has 1 heterocycles. The van der Waals surface area contributed by atoms with Crippen molar-refractivity contribution in [1.29, 1.82) is 0 Å². The normalized spacial score (nSPS) is 21.9. The summed E-state index contributed by atoms with van der Waals surface area (Å²) in [6, 6.07) is 0. The van der Waals surface area contributed by atoms with Gasteiger partial charge >= 0.3 is 11.9 Å². The van der Waals surface area contributed by atoms with Gasteiger partial charge in [-0.2, -0.15) is 0 Å². The van der Waals surface area contributed by atoms with Crippen molar-refractivity contribution in [3.8, 4) is 0 Å². The molecular weight excluding hydrogens is 700 g/mol. The Morgan fingerprint density at radius 2 is 1.15 bits per heavy atom. The molecule has 55 heavy (non-hydrogen) atoms. The van der Waals surface area contributed by atoms with Crippen LogP contribution in [0.2, 0.25) is 0 Å². The minimum Gasteiger partial charge on any atom is -0.463 e. The maximum Gasteiger partial charge on any atom is 0.350 e. The van der Waals surface area contributed by atoms with E-state index in [0.29, 0.717) is 19.3 Å².